The third kappa shape index (κ3) is 3.54. The Morgan fingerprint density at radius 2 is 2.11 bits per heavy atom. The maximum Gasteiger partial charge on any atom is 0.244 e. The molecular weight excluding hydrogens is 240 g/mol. The number of aliphatic hydroxyl groups excluding tert-OH is 3. The van der Waals surface area contributed by atoms with Crippen LogP contribution in [0, 0.1) is 0 Å². The van der Waals surface area contributed by atoms with Crippen LogP contribution in [0.15, 0.2) is 23.9 Å². The molecule has 7 heteroatoms. The topological polar surface area (TPSA) is 125 Å². The van der Waals surface area contributed by atoms with Crippen molar-refractivity contribution in [2.75, 3.05) is 6.61 Å². The number of hydrogen-bond donors (Lipinski definition) is 5. The molecule has 0 saturated carbocycles. The van der Waals surface area contributed by atoms with E-state index < -0.39 is 30.4 Å². The van der Waals surface area contributed by atoms with E-state index in [1.807, 2.05) is 0 Å². The molecule has 102 valence electrons. The van der Waals surface area contributed by atoms with Gasteiger partial charge in [0, 0.05) is 5.57 Å². The highest BCUT2D eigenvalue weighted by Crippen LogP contribution is 2.19. The van der Waals surface area contributed by atoms with E-state index in [1.54, 1.807) is 6.92 Å². The summed E-state index contributed by atoms with van der Waals surface area (Å²) in [7, 11) is 0. The molecule has 7 nitrogen and oxygen atoms in total. The molecule has 0 aromatic rings. The zero-order valence-electron chi connectivity index (χ0n) is 9.98. The first-order valence-electron chi connectivity index (χ1n) is 5.49. The highest BCUT2D eigenvalue weighted by atomic mass is 16.6. The van der Waals surface area contributed by atoms with Gasteiger partial charge in [-0.25, -0.2) is 0 Å². The van der Waals surface area contributed by atoms with Crippen molar-refractivity contribution in [2.45, 2.75) is 31.5 Å². The minimum atomic E-state index is -1.14. The number of hydrogen-bond acceptors (Lipinski definition) is 6. The molecule has 0 bridgehead atoms. The van der Waals surface area contributed by atoms with Gasteiger partial charge in [0.05, 0.1) is 6.61 Å². The van der Waals surface area contributed by atoms with Crippen molar-refractivity contribution in [3.63, 3.8) is 0 Å². The Bertz CT molecular complexity index is 355. The lowest BCUT2D eigenvalue weighted by Crippen LogP contribution is -2.38. The van der Waals surface area contributed by atoms with E-state index in [2.05, 4.69) is 5.32 Å². The Morgan fingerprint density at radius 3 is 2.61 bits per heavy atom. The van der Waals surface area contributed by atoms with Crippen LogP contribution in [0.25, 0.3) is 0 Å². The Kier molecular flexibility index (Phi) is 5.29. The second-order valence-electron chi connectivity index (χ2n) is 4.00. The fourth-order valence-corrected chi connectivity index (χ4v) is 1.46. The molecule has 1 aliphatic rings. The average Bonchev–Trinajstić information content (AvgIpc) is 2.61. The second-order valence-corrected chi connectivity index (χ2v) is 4.00. The number of allylic oxidation sites excluding steroid dienone is 2. The largest absolute Gasteiger partial charge is 0.394 e. The summed E-state index contributed by atoms with van der Waals surface area (Å²) in [5, 5.41) is 30.6. The monoisotopic (exact) mass is 258 g/mol. The van der Waals surface area contributed by atoms with Crippen molar-refractivity contribution >= 4 is 5.91 Å². The molecule has 1 saturated heterocycles. The quantitative estimate of drug-likeness (QED) is 0.286. The molecule has 6 N–H and O–H groups in total. The van der Waals surface area contributed by atoms with Crippen molar-refractivity contribution in [3.8, 4) is 0 Å². The number of carbonyl (C=O) groups is 1. The molecule has 1 rings (SSSR count). The Morgan fingerprint density at radius 1 is 1.44 bits per heavy atom. The second kappa shape index (κ2) is 6.50. The molecule has 0 spiro atoms. The van der Waals surface area contributed by atoms with E-state index in [1.165, 1.54) is 18.4 Å². The summed E-state index contributed by atoms with van der Waals surface area (Å²) < 4.78 is 5.16. The number of nitrogens with one attached hydrogen (secondary N) is 1. The smallest absolute Gasteiger partial charge is 0.244 e. The van der Waals surface area contributed by atoms with Gasteiger partial charge in [-0.15, -0.1) is 0 Å². The first-order chi connectivity index (χ1) is 8.47. The van der Waals surface area contributed by atoms with Gasteiger partial charge >= 0.3 is 0 Å². The molecule has 1 fully saturated rings. The number of primary amides is 1. The van der Waals surface area contributed by atoms with Gasteiger partial charge in [0.15, 0.2) is 6.23 Å². The summed E-state index contributed by atoms with van der Waals surface area (Å²) in [5.41, 5.74) is 5.41. The zero-order chi connectivity index (χ0) is 13.7. The molecule has 1 amide bonds. The minimum Gasteiger partial charge on any atom is -0.394 e. The molecule has 4 unspecified atom stereocenters. The van der Waals surface area contributed by atoms with Crippen molar-refractivity contribution in [1.82, 2.24) is 5.32 Å². The van der Waals surface area contributed by atoms with Gasteiger partial charge in [-0.1, -0.05) is 6.08 Å². The van der Waals surface area contributed by atoms with Crippen LogP contribution in [-0.2, 0) is 9.53 Å². The van der Waals surface area contributed by atoms with Gasteiger partial charge in [-0.3, -0.25) is 4.79 Å². The normalized spacial score (nSPS) is 33.0. The summed E-state index contributed by atoms with van der Waals surface area (Å²) in [5.74, 6) is -0.521. The van der Waals surface area contributed by atoms with E-state index in [-0.39, 0.29) is 6.61 Å². The molecule has 18 heavy (non-hydrogen) atoms. The Hall–Kier alpha value is -1.41. The van der Waals surface area contributed by atoms with Crippen molar-refractivity contribution in [2.24, 2.45) is 5.73 Å². The third-order valence-electron chi connectivity index (χ3n) is 2.63. The van der Waals surface area contributed by atoms with Crippen LogP contribution >= 0.6 is 0 Å². The highest BCUT2D eigenvalue weighted by Gasteiger charge is 2.41. The summed E-state index contributed by atoms with van der Waals surface area (Å²) in [4.78, 5) is 10.7. The van der Waals surface area contributed by atoms with E-state index in [9.17, 15) is 15.0 Å². The van der Waals surface area contributed by atoms with E-state index >= 15 is 0 Å². The predicted octanol–water partition coefficient (Wildman–Crippen LogP) is -2.04. The summed E-state index contributed by atoms with van der Waals surface area (Å²) in [6.07, 6.45) is 0.583. The molecule has 1 heterocycles. The number of rotatable bonds is 5. The summed E-state index contributed by atoms with van der Waals surface area (Å²) in [6.45, 7) is 1.19. The Labute approximate surface area is 105 Å². The average molecular weight is 258 g/mol. The highest BCUT2D eigenvalue weighted by molar-refractivity contribution is 5.91. The summed E-state index contributed by atoms with van der Waals surface area (Å²) >= 11 is 0. The van der Waals surface area contributed by atoms with Crippen LogP contribution < -0.4 is 11.1 Å². The van der Waals surface area contributed by atoms with Gasteiger partial charge in [0.1, 0.15) is 18.3 Å². The number of ether oxygens (including phenoxy) is 1. The number of nitrogens with two attached hydrogens (primary N) is 1. The van der Waals surface area contributed by atoms with Crippen LogP contribution in [0.4, 0.5) is 0 Å². The van der Waals surface area contributed by atoms with Crippen LogP contribution in [0.1, 0.15) is 6.92 Å². The molecule has 0 aromatic heterocycles. The maximum absolute atomic E-state index is 10.7. The van der Waals surface area contributed by atoms with Gasteiger partial charge in [-0.2, -0.15) is 0 Å². The van der Waals surface area contributed by atoms with Crippen LogP contribution in [0.2, 0.25) is 0 Å². The molecule has 4 atom stereocenters. The minimum absolute atomic E-state index is 0.374. The fraction of sp³-hybridized carbons (Fsp3) is 0.545. The fourth-order valence-electron chi connectivity index (χ4n) is 1.46. The molecule has 0 aromatic carbocycles. The zero-order valence-corrected chi connectivity index (χ0v) is 9.98. The molecule has 0 radical (unpaired) electrons. The van der Waals surface area contributed by atoms with Gasteiger partial charge < -0.3 is 31.1 Å². The SMILES string of the molecule is C/C(=C\C=C/NC1OC(CO)C(O)C1O)C(N)=O. The van der Waals surface area contributed by atoms with Gasteiger partial charge in [0.25, 0.3) is 0 Å². The summed E-state index contributed by atoms with van der Waals surface area (Å²) in [6, 6.07) is 0. The van der Waals surface area contributed by atoms with Crippen LogP contribution in [-0.4, -0.2) is 52.4 Å². The third-order valence-corrected chi connectivity index (χ3v) is 2.63. The van der Waals surface area contributed by atoms with Crippen molar-refractivity contribution < 1.29 is 24.9 Å². The van der Waals surface area contributed by atoms with Crippen molar-refractivity contribution in [1.29, 1.82) is 0 Å². The lowest BCUT2D eigenvalue weighted by Gasteiger charge is -2.14. The Balaban J connectivity index is 2.47. The van der Waals surface area contributed by atoms with Crippen LogP contribution in [0.3, 0.4) is 0 Å². The van der Waals surface area contributed by atoms with Gasteiger partial charge in [0.2, 0.25) is 5.91 Å². The number of aliphatic hydroxyl groups is 3. The molecule has 0 aliphatic carbocycles. The standard InChI is InChI=1S/C11H18N2O5/c1-6(10(12)17)3-2-4-13-11-9(16)8(15)7(5-14)18-11/h2-4,7-9,11,13-16H,5H2,1H3,(H2,12,17)/b4-2-,6-3+. The van der Waals surface area contributed by atoms with Crippen molar-refractivity contribution in [3.05, 3.63) is 23.9 Å². The first kappa shape index (κ1) is 14.7. The number of carbonyl (C=O) groups excluding carboxylic acids is 1. The molecular formula is C11H18N2O5. The van der Waals surface area contributed by atoms with Crippen LogP contribution in [0.5, 0.6) is 0 Å². The number of amides is 1. The predicted molar refractivity (Wildman–Crippen MR) is 63.0 cm³/mol. The first-order valence-corrected chi connectivity index (χ1v) is 5.49. The van der Waals surface area contributed by atoms with E-state index in [0.717, 1.165) is 0 Å². The molecule has 1 aliphatic heterocycles. The van der Waals surface area contributed by atoms with E-state index in [0.29, 0.717) is 5.57 Å². The maximum atomic E-state index is 10.7. The lowest BCUT2D eigenvalue weighted by atomic mass is 10.1. The van der Waals surface area contributed by atoms with Gasteiger partial charge in [-0.05, 0) is 19.2 Å². The lowest BCUT2D eigenvalue weighted by molar-refractivity contribution is -0.114. The van der Waals surface area contributed by atoms with E-state index in [4.69, 9.17) is 15.6 Å².